The third kappa shape index (κ3) is 5.11. The molecule has 3 aromatic rings. The molecule has 0 bridgehead atoms. The Bertz CT molecular complexity index is 850. The van der Waals surface area contributed by atoms with Gasteiger partial charge in [0, 0.05) is 29.7 Å². The van der Waals surface area contributed by atoms with Crippen molar-refractivity contribution in [3.8, 4) is 5.75 Å². The van der Waals surface area contributed by atoms with Gasteiger partial charge in [-0.15, -0.1) is 11.3 Å². The molecular weight excluding hydrogens is 356 g/mol. The summed E-state index contributed by atoms with van der Waals surface area (Å²) in [5.41, 5.74) is 2.03. The summed E-state index contributed by atoms with van der Waals surface area (Å²) in [6.07, 6.45) is 0. The van der Waals surface area contributed by atoms with E-state index in [1.165, 1.54) is 4.88 Å². The lowest BCUT2D eigenvalue weighted by molar-refractivity contribution is -0.130. The maximum atomic E-state index is 13.1. The zero-order valence-corrected chi connectivity index (χ0v) is 16.5. The number of methoxy groups -OCH3 is 1. The van der Waals surface area contributed by atoms with Crippen molar-refractivity contribution >= 4 is 22.9 Å². The van der Waals surface area contributed by atoms with E-state index in [1.807, 2.05) is 82.9 Å². The largest absolute Gasteiger partial charge is 0.496 e. The number of amides is 1. The Hall–Kier alpha value is -2.79. The standard InChI is InChI=1S/C22H24N2O2S/c1-23(19-10-4-3-5-11-19)17-22(25)24(16-20-12-8-14-27-20)15-18-9-6-7-13-21(18)26-2/h3-14H,15-17H2,1-2H3. The van der Waals surface area contributed by atoms with Gasteiger partial charge in [0.1, 0.15) is 5.75 Å². The fourth-order valence-electron chi connectivity index (χ4n) is 2.94. The molecule has 0 aliphatic carbocycles. The van der Waals surface area contributed by atoms with Crippen molar-refractivity contribution in [2.24, 2.45) is 0 Å². The zero-order valence-electron chi connectivity index (χ0n) is 15.7. The number of ether oxygens (including phenoxy) is 1. The Morgan fingerprint density at radius 3 is 2.41 bits per heavy atom. The van der Waals surface area contributed by atoms with Crippen molar-refractivity contribution < 1.29 is 9.53 Å². The fraction of sp³-hybridized carbons (Fsp3) is 0.227. The molecule has 0 N–H and O–H groups in total. The van der Waals surface area contributed by atoms with Crippen LogP contribution in [0.4, 0.5) is 5.69 Å². The first kappa shape index (κ1) is 19.0. The molecule has 5 heteroatoms. The van der Waals surface area contributed by atoms with Gasteiger partial charge in [-0.2, -0.15) is 0 Å². The second-order valence-electron chi connectivity index (χ2n) is 6.33. The second-order valence-corrected chi connectivity index (χ2v) is 7.36. The first-order valence-corrected chi connectivity index (χ1v) is 9.73. The van der Waals surface area contributed by atoms with E-state index in [9.17, 15) is 4.79 Å². The molecule has 1 amide bonds. The number of thiophene rings is 1. The van der Waals surface area contributed by atoms with Crippen LogP contribution in [-0.2, 0) is 17.9 Å². The second kappa shape index (κ2) is 9.24. The highest BCUT2D eigenvalue weighted by Crippen LogP contribution is 2.22. The van der Waals surface area contributed by atoms with E-state index in [1.54, 1.807) is 18.4 Å². The first-order chi connectivity index (χ1) is 13.2. The van der Waals surface area contributed by atoms with Gasteiger partial charge in [0.15, 0.2) is 0 Å². The minimum absolute atomic E-state index is 0.0839. The number of carbonyl (C=O) groups excluding carboxylic acids is 1. The molecule has 0 spiro atoms. The summed E-state index contributed by atoms with van der Waals surface area (Å²) in [6, 6.07) is 21.9. The van der Waals surface area contributed by atoms with E-state index in [2.05, 4.69) is 6.07 Å². The predicted molar refractivity (Wildman–Crippen MR) is 111 cm³/mol. The summed E-state index contributed by atoms with van der Waals surface area (Å²) in [5.74, 6) is 0.888. The number of hydrogen-bond acceptors (Lipinski definition) is 4. The summed E-state index contributed by atoms with van der Waals surface area (Å²) in [7, 11) is 3.60. The van der Waals surface area contributed by atoms with E-state index in [0.29, 0.717) is 19.6 Å². The molecule has 4 nitrogen and oxygen atoms in total. The monoisotopic (exact) mass is 380 g/mol. The van der Waals surface area contributed by atoms with Gasteiger partial charge in [-0.25, -0.2) is 0 Å². The third-order valence-electron chi connectivity index (χ3n) is 4.40. The Labute approximate surface area is 164 Å². The number of likely N-dealkylation sites (N-methyl/N-ethyl adjacent to an activating group) is 1. The van der Waals surface area contributed by atoms with Crippen molar-refractivity contribution in [3.63, 3.8) is 0 Å². The van der Waals surface area contributed by atoms with Crippen LogP contribution in [0.15, 0.2) is 72.1 Å². The molecular formula is C22H24N2O2S. The molecule has 1 aromatic heterocycles. The van der Waals surface area contributed by atoms with E-state index < -0.39 is 0 Å². The van der Waals surface area contributed by atoms with Crippen molar-refractivity contribution in [2.75, 3.05) is 25.6 Å². The highest BCUT2D eigenvalue weighted by molar-refractivity contribution is 7.09. The lowest BCUT2D eigenvalue weighted by atomic mass is 10.2. The molecule has 1 heterocycles. The molecule has 0 radical (unpaired) electrons. The predicted octanol–water partition coefficient (Wildman–Crippen LogP) is 4.42. The molecule has 0 aliphatic heterocycles. The van der Waals surface area contributed by atoms with Crippen molar-refractivity contribution in [1.29, 1.82) is 0 Å². The van der Waals surface area contributed by atoms with Crippen molar-refractivity contribution in [1.82, 2.24) is 4.90 Å². The molecule has 2 aromatic carbocycles. The van der Waals surface area contributed by atoms with Crippen LogP contribution in [-0.4, -0.2) is 31.5 Å². The normalized spacial score (nSPS) is 10.4. The van der Waals surface area contributed by atoms with Crippen LogP contribution in [0.5, 0.6) is 5.75 Å². The summed E-state index contributed by atoms with van der Waals surface area (Å²) < 4.78 is 5.47. The Morgan fingerprint density at radius 2 is 1.70 bits per heavy atom. The van der Waals surface area contributed by atoms with Crippen LogP contribution in [0.1, 0.15) is 10.4 Å². The van der Waals surface area contributed by atoms with Crippen molar-refractivity contribution in [2.45, 2.75) is 13.1 Å². The van der Waals surface area contributed by atoms with E-state index in [0.717, 1.165) is 17.0 Å². The Kier molecular flexibility index (Phi) is 6.49. The summed E-state index contributed by atoms with van der Waals surface area (Å²) in [6.45, 7) is 1.44. The quantitative estimate of drug-likeness (QED) is 0.580. The highest BCUT2D eigenvalue weighted by Gasteiger charge is 2.19. The average molecular weight is 381 g/mol. The smallest absolute Gasteiger partial charge is 0.242 e. The number of benzene rings is 2. The summed E-state index contributed by atoms with van der Waals surface area (Å²) in [5, 5.41) is 2.04. The van der Waals surface area contributed by atoms with Crippen LogP contribution in [0, 0.1) is 0 Å². The van der Waals surface area contributed by atoms with Crippen molar-refractivity contribution in [3.05, 3.63) is 82.6 Å². The first-order valence-electron chi connectivity index (χ1n) is 8.85. The SMILES string of the molecule is COc1ccccc1CN(Cc1cccs1)C(=O)CN(C)c1ccccc1. The molecule has 0 saturated carbocycles. The van der Waals surface area contributed by atoms with Gasteiger partial charge >= 0.3 is 0 Å². The third-order valence-corrected chi connectivity index (χ3v) is 5.26. The van der Waals surface area contributed by atoms with Gasteiger partial charge in [0.25, 0.3) is 0 Å². The molecule has 0 aliphatic rings. The van der Waals surface area contributed by atoms with Gasteiger partial charge in [-0.3, -0.25) is 4.79 Å². The fourth-order valence-corrected chi connectivity index (χ4v) is 3.66. The Morgan fingerprint density at radius 1 is 0.963 bits per heavy atom. The molecule has 0 saturated heterocycles. The lowest BCUT2D eigenvalue weighted by Crippen LogP contribution is -2.38. The van der Waals surface area contributed by atoms with Gasteiger partial charge in [0.05, 0.1) is 20.2 Å². The van der Waals surface area contributed by atoms with Crippen LogP contribution >= 0.6 is 11.3 Å². The van der Waals surface area contributed by atoms with Gasteiger partial charge in [-0.1, -0.05) is 42.5 Å². The summed E-state index contributed by atoms with van der Waals surface area (Å²) >= 11 is 1.67. The molecule has 3 rings (SSSR count). The van der Waals surface area contributed by atoms with E-state index in [-0.39, 0.29) is 5.91 Å². The van der Waals surface area contributed by atoms with Gasteiger partial charge in [-0.05, 0) is 29.6 Å². The van der Waals surface area contributed by atoms with E-state index >= 15 is 0 Å². The number of anilines is 1. The maximum Gasteiger partial charge on any atom is 0.242 e. The number of para-hydroxylation sites is 2. The molecule has 27 heavy (non-hydrogen) atoms. The Balaban J connectivity index is 1.77. The van der Waals surface area contributed by atoms with Crippen LogP contribution in [0.25, 0.3) is 0 Å². The molecule has 140 valence electrons. The van der Waals surface area contributed by atoms with Crippen LogP contribution in [0.2, 0.25) is 0 Å². The minimum Gasteiger partial charge on any atom is -0.496 e. The topological polar surface area (TPSA) is 32.8 Å². The zero-order chi connectivity index (χ0) is 19.1. The molecule has 0 atom stereocenters. The molecule has 0 unspecified atom stereocenters. The van der Waals surface area contributed by atoms with Gasteiger partial charge in [0.2, 0.25) is 5.91 Å². The number of nitrogens with zero attached hydrogens (tertiary/aromatic N) is 2. The molecule has 0 fully saturated rings. The average Bonchev–Trinajstić information content (AvgIpc) is 3.21. The highest BCUT2D eigenvalue weighted by atomic mass is 32.1. The lowest BCUT2D eigenvalue weighted by Gasteiger charge is -2.27. The number of carbonyl (C=O) groups is 1. The van der Waals surface area contributed by atoms with Gasteiger partial charge < -0.3 is 14.5 Å². The van der Waals surface area contributed by atoms with Crippen LogP contribution < -0.4 is 9.64 Å². The maximum absolute atomic E-state index is 13.1. The number of rotatable bonds is 8. The van der Waals surface area contributed by atoms with Crippen LogP contribution in [0.3, 0.4) is 0 Å². The summed E-state index contributed by atoms with van der Waals surface area (Å²) in [4.78, 5) is 18.1. The number of hydrogen-bond donors (Lipinski definition) is 0. The minimum atomic E-state index is 0.0839. The van der Waals surface area contributed by atoms with E-state index in [4.69, 9.17) is 4.74 Å².